The number of aromatic nitrogens is 5. The van der Waals surface area contributed by atoms with Crippen LogP contribution in [0.15, 0.2) is 60.6 Å². The number of rotatable bonds is 21. The van der Waals surface area contributed by atoms with Gasteiger partial charge in [0.1, 0.15) is 44.0 Å². The fraction of sp³-hybridized carbons (Fsp3) is 0.359. The van der Waals surface area contributed by atoms with Crippen LogP contribution in [0.5, 0.6) is 23.0 Å². The molecule has 0 saturated heterocycles. The normalized spacial score (nSPS) is 11.6. The van der Waals surface area contributed by atoms with Crippen LogP contribution in [-0.2, 0) is 0 Å². The lowest BCUT2D eigenvalue weighted by Crippen LogP contribution is -2.22. The lowest BCUT2D eigenvalue weighted by Gasteiger charge is -2.25. The summed E-state index contributed by atoms with van der Waals surface area (Å²) in [7, 11) is 6.50. The van der Waals surface area contributed by atoms with E-state index in [9.17, 15) is 5.11 Å². The van der Waals surface area contributed by atoms with Gasteiger partial charge in [-0.2, -0.15) is 23.7 Å². The Hall–Kier alpha value is -5.46. The van der Waals surface area contributed by atoms with Gasteiger partial charge in [0, 0.05) is 54.8 Å². The number of ether oxygens (including phenoxy) is 4. The molecule has 5 heterocycles. The maximum Gasteiger partial charge on any atom is 0.233 e. The Kier molecular flexibility index (Phi) is 14.8. The molecule has 7 rings (SSSR count). The molecule has 0 aliphatic carbocycles. The van der Waals surface area contributed by atoms with Crippen LogP contribution in [0.3, 0.4) is 0 Å². The fourth-order valence-electron chi connectivity index (χ4n) is 6.43. The maximum absolute atomic E-state index is 9.79. The van der Waals surface area contributed by atoms with E-state index < -0.39 is 0 Å². The third kappa shape index (κ3) is 9.46. The standard InChI is InChI=1S/C39H45N13O5S5/c1-9-51(10-2)25-15-21(23(17-27(25)54-5)45-47-33-31-29(56-7)19-59-35(31)49-61-33)40-37-42-38(44-39(43-37)58-14-13-53)41-22-16-26(52(11-3)12-4)28(55-6)18-24(22)46-48-34-32-30(57-8)20-60-36(32)50-62-34/h15-20,53H,9-14H2,1-8H3,(H2,40,41,42,43,44). The Morgan fingerprint density at radius 2 is 1.05 bits per heavy atom. The van der Waals surface area contributed by atoms with E-state index in [4.69, 9.17) is 44.1 Å². The summed E-state index contributed by atoms with van der Waals surface area (Å²) in [5.74, 6) is 3.40. The summed E-state index contributed by atoms with van der Waals surface area (Å²) in [5.41, 5.74) is 3.75. The average Bonchev–Trinajstić information content (AvgIpc) is 4.09. The zero-order chi connectivity index (χ0) is 43.8. The van der Waals surface area contributed by atoms with E-state index in [1.54, 1.807) is 28.4 Å². The van der Waals surface area contributed by atoms with Crippen molar-refractivity contribution in [2.45, 2.75) is 32.9 Å². The molecule has 5 aromatic heterocycles. The Bertz CT molecular complexity index is 2520. The van der Waals surface area contributed by atoms with Gasteiger partial charge in [0.15, 0.2) is 15.2 Å². The first-order chi connectivity index (χ1) is 30.3. The lowest BCUT2D eigenvalue weighted by molar-refractivity contribution is 0.322. The fourth-order valence-corrected chi connectivity index (χ4v) is 10.5. The Labute approximate surface area is 378 Å². The predicted molar refractivity (Wildman–Crippen MR) is 254 cm³/mol. The minimum atomic E-state index is -0.0755. The Morgan fingerprint density at radius 3 is 1.44 bits per heavy atom. The zero-order valence-electron chi connectivity index (χ0n) is 35.2. The molecule has 0 amide bonds. The van der Waals surface area contributed by atoms with E-state index in [-0.39, 0.29) is 18.5 Å². The van der Waals surface area contributed by atoms with E-state index in [1.807, 2.05) is 35.0 Å². The van der Waals surface area contributed by atoms with Crippen molar-refractivity contribution < 1.29 is 24.1 Å². The minimum absolute atomic E-state index is 0.0755. The average molecular weight is 936 g/mol. The molecule has 0 fully saturated rings. The number of nitrogens with zero attached hydrogens (tertiary/aromatic N) is 11. The summed E-state index contributed by atoms with van der Waals surface area (Å²) < 4.78 is 32.0. The molecular weight excluding hydrogens is 891 g/mol. The molecule has 0 unspecified atom stereocenters. The highest BCUT2D eigenvalue weighted by atomic mass is 32.2. The van der Waals surface area contributed by atoms with Crippen LogP contribution >= 0.6 is 57.5 Å². The first-order valence-electron chi connectivity index (χ1n) is 19.4. The second-order valence-electron chi connectivity index (χ2n) is 12.9. The van der Waals surface area contributed by atoms with Gasteiger partial charge in [0.25, 0.3) is 0 Å². The van der Waals surface area contributed by atoms with E-state index in [0.717, 1.165) is 58.0 Å². The van der Waals surface area contributed by atoms with Crippen LogP contribution in [0, 0.1) is 0 Å². The predicted octanol–water partition coefficient (Wildman–Crippen LogP) is 11.3. The molecule has 326 valence electrons. The summed E-state index contributed by atoms with van der Waals surface area (Å²) in [4.78, 5) is 20.4. The van der Waals surface area contributed by atoms with Crippen molar-refractivity contribution in [2.24, 2.45) is 20.5 Å². The summed E-state index contributed by atoms with van der Waals surface area (Å²) >= 11 is 6.74. The number of thiophene rings is 2. The third-order valence-electron chi connectivity index (χ3n) is 9.50. The SMILES string of the molecule is CCN(CC)c1cc(Nc2nc(Nc3cc(N(CC)CC)c(OC)cc3N=Nc3snc4scc(OC)c34)nc(SCCO)n2)c(N=Nc2snc3scc(OC)c23)cc1OC. The number of aliphatic hydroxyl groups excluding tert-OH is 1. The molecule has 18 nitrogen and oxygen atoms in total. The molecule has 0 atom stereocenters. The van der Waals surface area contributed by atoms with Crippen molar-refractivity contribution in [1.82, 2.24) is 23.7 Å². The van der Waals surface area contributed by atoms with Crippen molar-refractivity contribution in [2.75, 3.05) is 87.4 Å². The highest BCUT2D eigenvalue weighted by Crippen LogP contribution is 2.46. The maximum atomic E-state index is 9.79. The molecule has 0 aliphatic heterocycles. The Balaban J connectivity index is 1.32. The second kappa shape index (κ2) is 20.6. The smallest absolute Gasteiger partial charge is 0.233 e. The minimum Gasteiger partial charge on any atom is -0.495 e. The molecule has 0 radical (unpaired) electrons. The number of nitrogens with one attached hydrogen (secondary N) is 2. The molecule has 0 spiro atoms. The Morgan fingerprint density at radius 1 is 0.613 bits per heavy atom. The van der Waals surface area contributed by atoms with Gasteiger partial charge in [0.2, 0.25) is 11.9 Å². The van der Waals surface area contributed by atoms with Crippen LogP contribution < -0.4 is 39.4 Å². The molecular formula is C39H45N13O5S5. The van der Waals surface area contributed by atoms with Crippen LogP contribution in [0.4, 0.5) is 56.0 Å². The number of benzene rings is 2. The second-order valence-corrected chi connectivity index (χ2v) is 17.1. The zero-order valence-corrected chi connectivity index (χ0v) is 39.3. The van der Waals surface area contributed by atoms with E-state index >= 15 is 0 Å². The number of aliphatic hydroxyl groups is 1. The summed E-state index contributed by atoms with van der Waals surface area (Å²) in [5, 5.41) is 42.3. The molecule has 7 aromatic rings. The lowest BCUT2D eigenvalue weighted by atomic mass is 10.2. The van der Waals surface area contributed by atoms with Gasteiger partial charge < -0.3 is 44.5 Å². The van der Waals surface area contributed by atoms with Crippen LogP contribution in [0.2, 0.25) is 0 Å². The number of hydrogen-bond acceptors (Lipinski definition) is 23. The van der Waals surface area contributed by atoms with Crippen molar-refractivity contribution in [3.8, 4) is 23.0 Å². The van der Waals surface area contributed by atoms with Crippen LogP contribution in [-0.4, -0.2) is 95.8 Å². The molecule has 0 saturated carbocycles. The summed E-state index contributed by atoms with van der Waals surface area (Å²) in [6.45, 7) is 11.2. The quantitative estimate of drug-likeness (QED) is 0.0453. The van der Waals surface area contributed by atoms with Gasteiger partial charge in [-0.25, -0.2) is 0 Å². The number of hydrogen-bond donors (Lipinski definition) is 3. The van der Waals surface area contributed by atoms with E-state index in [1.165, 1.54) is 57.5 Å². The first-order valence-corrected chi connectivity index (χ1v) is 23.7. The van der Waals surface area contributed by atoms with Gasteiger partial charge in [-0.1, -0.05) is 11.8 Å². The topological polar surface area (TPSA) is 202 Å². The van der Waals surface area contributed by atoms with E-state index in [2.05, 4.69) is 67.1 Å². The summed E-state index contributed by atoms with van der Waals surface area (Å²) in [6.07, 6.45) is 0. The monoisotopic (exact) mass is 935 g/mol. The highest BCUT2D eigenvalue weighted by molar-refractivity contribution is 7.99. The largest absolute Gasteiger partial charge is 0.495 e. The van der Waals surface area contributed by atoms with Crippen LogP contribution in [0.25, 0.3) is 20.4 Å². The number of fused-ring (bicyclic) bond motifs is 2. The molecule has 23 heteroatoms. The molecule has 62 heavy (non-hydrogen) atoms. The van der Waals surface area contributed by atoms with Crippen molar-refractivity contribution in [3.63, 3.8) is 0 Å². The van der Waals surface area contributed by atoms with Crippen molar-refractivity contribution >= 4 is 134 Å². The van der Waals surface area contributed by atoms with E-state index in [0.29, 0.717) is 66.7 Å². The molecule has 2 aromatic carbocycles. The van der Waals surface area contributed by atoms with Gasteiger partial charge in [-0.3, -0.25) is 0 Å². The number of anilines is 6. The molecule has 0 aliphatic rings. The van der Waals surface area contributed by atoms with Gasteiger partial charge in [-0.15, -0.1) is 43.1 Å². The number of azo groups is 2. The third-order valence-corrected chi connectivity index (χ3v) is 13.7. The molecule has 3 N–H and O–H groups in total. The van der Waals surface area contributed by atoms with Gasteiger partial charge in [0.05, 0.1) is 68.6 Å². The number of methoxy groups -OCH3 is 4. The van der Waals surface area contributed by atoms with Gasteiger partial charge >= 0.3 is 0 Å². The number of thioether (sulfide) groups is 1. The summed E-state index contributed by atoms with van der Waals surface area (Å²) in [6, 6.07) is 7.55. The van der Waals surface area contributed by atoms with Crippen molar-refractivity contribution in [3.05, 3.63) is 35.0 Å². The highest BCUT2D eigenvalue weighted by Gasteiger charge is 2.21. The van der Waals surface area contributed by atoms with Crippen LogP contribution in [0.1, 0.15) is 27.7 Å². The first kappa shape index (κ1) is 44.6. The van der Waals surface area contributed by atoms with Crippen molar-refractivity contribution in [1.29, 1.82) is 0 Å². The van der Waals surface area contributed by atoms with Gasteiger partial charge in [-0.05, 0) is 62.9 Å². The molecule has 0 bridgehead atoms.